The molecule has 0 aliphatic heterocycles. The number of rotatable bonds is 7. The van der Waals surface area contributed by atoms with Crippen molar-refractivity contribution in [2.75, 3.05) is 13.2 Å². The van der Waals surface area contributed by atoms with Gasteiger partial charge < -0.3 is 15.7 Å². The number of aliphatic hydroxyl groups is 1. The van der Waals surface area contributed by atoms with Crippen molar-refractivity contribution in [3.63, 3.8) is 0 Å². The van der Waals surface area contributed by atoms with E-state index in [-0.39, 0.29) is 24.6 Å². The van der Waals surface area contributed by atoms with Gasteiger partial charge in [0.2, 0.25) is 5.91 Å². The molecule has 0 unspecified atom stereocenters. The Kier molecular flexibility index (Phi) is 6.34. The zero-order chi connectivity index (χ0) is 15.8. The topological polar surface area (TPSA) is 74.2 Å². The van der Waals surface area contributed by atoms with Crippen LogP contribution in [0.2, 0.25) is 0 Å². The van der Waals surface area contributed by atoms with Gasteiger partial charge in [0.05, 0.1) is 25.4 Å². The molecule has 1 saturated carbocycles. The summed E-state index contributed by atoms with van der Waals surface area (Å²) in [6.45, 7) is 2.74. The predicted octanol–water partition coefficient (Wildman–Crippen LogP) is 1.62. The van der Waals surface area contributed by atoms with E-state index in [1.807, 2.05) is 25.1 Å². The maximum absolute atomic E-state index is 12.0. The van der Waals surface area contributed by atoms with E-state index in [1.165, 1.54) is 19.3 Å². The van der Waals surface area contributed by atoms with Crippen molar-refractivity contribution >= 4 is 5.91 Å². The largest absolute Gasteiger partial charge is 0.394 e. The van der Waals surface area contributed by atoms with Crippen molar-refractivity contribution in [3.05, 3.63) is 30.1 Å². The van der Waals surface area contributed by atoms with Gasteiger partial charge in [-0.1, -0.05) is 25.3 Å². The van der Waals surface area contributed by atoms with Crippen LogP contribution < -0.4 is 10.6 Å². The van der Waals surface area contributed by atoms with Crippen molar-refractivity contribution < 1.29 is 9.90 Å². The number of hydrogen-bond acceptors (Lipinski definition) is 4. The van der Waals surface area contributed by atoms with Crippen LogP contribution in [-0.4, -0.2) is 34.7 Å². The van der Waals surface area contributed by atoms with Crippen LogP contribution >= 0.6 is 0 Å². The van der Waals surface area contributed by atoms with Crippen LogP contribution in [0, 0.1) is 5.92 Å². The van der Waals surface area contributed by atoms with Gasteiger partial charge in [-0.3, -0.25) is 9.78 Å². The highest BCUT2D eigenvalue weighted by Gasteiger charge is 2.34. The molecule has 1 fully saturated rings. The lowest BCUT2D eigenvalue weighted by Crippen LogP contribution is -2.55. The van der Waals surface area contributed by atoms with Crippen LogP contribution in [-0.2, 0) is 11.3 Å². The van der Waals surface area contributed by atoms with E-state index in [2.05, 4.69) is 15.6 Å². The summed E-state index contributed by atoms with van der Waals surface area (Å²) in [5.41, 5.74) is 0.469. The van der Waals surface area contributed by atoms with Crippen LogP contribution in [0.5, 0.6) is 0 Å². The normalized spacial score (nSPS) is 18.6. The Hall–Kier alpha value is -1.46. The van der Waals surface area contributed by atoms with Gasteiger partial charge in [-0.05, 0) is 37.8 Å². The fourth-order valence-electron chi connectivity index (χ4n) is 3.11. The molecule has 5 heteroatoms. The minimum Gasteiger partial charge on any atom is -0.394 e. The third-order valence-electron chi connectivity index (χ3n) is 4.68. The lowest BCUT2D eigenvalue weighted by molar-refractivity contribution is -0.121. The maximum atomic E-state index is 12.0. The van der Waals surface area contributed by atoms with E-state index < -0.39 is 0 Å². The Morgan fingerprint density at radius 2 is 2.14 bits per heavy atom. The number of nitrogens with zero attached hydrogens (tertiary/aromatic N) is 1. The molecule has 1 aromatic rings. The molecule has 122 valence electrons. The third-order valence-corrected chi connectivity index (χ3v) is 4.68. The van der Waals surface area contributed by atoms with E-state index in [0.717, 1.165) is 18.5 Å². The lowest BCUT2D eigenvalue weighted by atomic mass is 9.76. The van der Waals surface area contributed by atoms with Crippen molar-refractivity contribution in [2.45, 2.75) is 51.1 Å². The molecule has 0 radical (unpaired) electrons. The molecule has 22 heavy (non-hydrogen) atoms. The first-order chi connectivity index (χ1) is 10.6. The Bertz CT molecular complexity index is 460. The molecule has 3 N–H and O–H groups in total. The second-order valence-electron chi connectivity index (χ2n) is 6.36. The molecule has 5 nitrogen and oxygen atoms in total. The molecule has 1 aliphatic carbocycles. The van der Waals surface area contributed by atoms with Crippen LogP contribution in [0.4, 0.5) is 0 Å². The summed E-state index contributed by atoms with van der Waals surface area (Å²) < 4.78 is 0. The van der Waals surface area contributed by atoms with Gasteiger partial charge in [0.15, 0.2) is 0 Å². The molecule has 0 bridgehead atoms. The molecular formula is C17H27N3O2. The van der Waals surface area contributed by atoms with E-state index in [4.69, 9.17) is 0 Å². The second kappa shape index (κ2) is 8.25. The van der Waals surface area contributed by atoms with Gasteiger partial charge in [-0.25, -0.2) is 0 Å². The molecule has 1 aliphatic rings. The van der Waals surface area contributed by atoms with Crippen LogP contribution in [0.25, 0.3) is 0 Å². The second-order valence-corrected chi connectivity index (χ2v) is 6.36. The standard InChI is InChI=1S/C17H27N3O2/c1-17(13-21,14-7-3-2-4-8-14)20-12-16(22)19-11-15-9-5-6-10-18-15/h5-6,9-10,14,20-21H,2-4,7-8,11-13H2,1H3,(H,19,22)/t17-/m1/s1. The van der Waals surface area contributed by atoms with E-state index in [0.29, 0.717) is 12.5 Å². The van der Waals surface area contributed by atoms with Crippen LogP contribution in [0.1, 0.15) is 44.7 Å². The molecule has 0 spiro atoms. The summed E-state index contributed by atoms with van der Waals surface area (Å²) in [5, 5.41) is 15.9. The maximum Gasteiger partial charge on any atom is 0.234 e. The molecular weight excluding hydrogens is 278 g/mol. The fourth-order valence-corrected chi connectivity index (χ4v) is 3.11. The lowest BCUT2D eigenvalue weighted by Gasteiger charge is -2.39. The average molecular weight is 305 g/mol. The Balaban J connectivity index is 1.78. The van der Waals surface area contributed by atoms with Crippen molar-refractivity contribution in [2.24, 2.45) is 5.92 Å². The molecule has 2 rings (SSSR count). The zero-order valence-corrected chi connectivity index (χ0v) is 13.3. The first-order valence-corrected chi connectivity index (χ1v) is 8.16. The molecule has 1 amide bonds. The number of nitrogens with one attached hydrogen (secondary N) is 2. The predicted molar refractivity (Wildman–Crippen MR) is 86.2 cm³/mol. The summed E-state index contributed by atoms with van der Waals surface area (Å²) in [5.74, 6) is 0.371. The summed E-state index contributed by atoms with van der Waals surface area (Å²) in [7, 11) is 0. The highest BCUT2D eigenvalue weighted by Crippen LogP contribution is 2.32. The fraction of sp³-hybridized carbons (Fsp3) is 0.647. The van der Waals surface area contributed by atoms with Gasteiger partial charge in [0.1, 0.15) is 0 Å². The number of pyridine rings is 1. The average Bonchev–Trinajstić information content (AvgIpc) is 2.59. The van der Waals surface area contributed by atoms with E-state index in [9.17, 15) is 9.90 Å². The number of carbonyl (C=O) groups is 1. The molecule has 1 heterocycles. The minimum atomic E-state index is -0.372. The Morgan fingerprint density at radius 3 is 2.77 bits per heavy atom. The summed E-state index contributed by atoms with van der Waals surface area (Å²) >= 11 is 0. The molecule has 0 aromatic carbocycles. The van der Waals surface area contributed by atoms with Gasteiger partial charge >= 0.3 is 0 Å². The third kappa shape index (κ3) is 4.78. The number of carbonyl (C=O) groups excluding carboxylic acids is 1. The minimum absolute atomic E-state index is 0.0607. The van der Waals surface area contributed by atoms with Gasteiger partial charge in [-0.2, -0.15) is 0 Å². The summed E-state index contributed by atoms with van der Waals surface area (Å²) in [4.78, 5) is 16.2. The Morgan fingerprint density at radius 1 is 1.36 bits per heavy atom. The van der Waals surface area contributed by atoms with Crippen molar-refractivity contribution in [3.8, 4) is 0 Å². The smallest absolute Gasteiger partial charge is 0.234 e. The summed E-state index contributed by atoms with van der Waals surface area (Å²) in [6, 6.07) is 5.63. The van der Waals surface area contributed by atoms with Crippen molar-refractivity contribution in [1.29, 1.82) is 0 Å². The quantitative estimate of drug-likeness (QED) is 0.715. The molecule has 1 atom stereocenters. The zero-order valence-electron chi connectivity index (χ0n) is 13.3. The van der Waals surface area contributed by atoms with Crippen LogP contribution in [0.15, 0.2) is 24.4 Å². The number of aliphatic hydroxyl groups excluding tert-OH is 1. The van der Waals surface area contributed by atoms with Crippen molar-refractivity contribution in [1.82, 2.24) is 15.6 Å². The number of hydrogen-bond donors (Lipinski definition) is 3. The van der Waals surface area contributed by atoms with Gasteiger partial charge in [-0.15, -0.1) is 0 Å². The SMILES string of the molecule is C[C@](CO)(NCC(=O)NCc1ccccn1)C1CCCCC1. The van der Waals surface area contributed by atoms with E-state index in [1.54, 1.807) is 6.20 Å². The number of aromatic nitrogens is 1. The first-order valence-electron chi connectivity index (χ1n) is 8.16. The van der Waals surface area contributed by atoms with Crippen LogP contribution in [0.3, 0.4) is 0 Å². The number of amides is 1. The molecule has 1 aromatic heterocycles. The Labute approximate surface area is 132 Å². The first kappa shape index (κ1) is 16.9. The van der Waals surface area contributed by atoms with Gasteiger partial charge in [0.25, 0.3) is 0 Å². The summed E-state index contributed by atoms with van der Waals surface area (Å²) in [6.07, 6.45) is 7.68. The highest BCUT2D eigenvalue weighted by molar-refractivity contribution is 5.78. The van der Waals surface area contributed by atoms with Gasteiger partial charge in [0, 0.05) is 11.7 Å². The monoisotopic (exact) mass is 305 g/mol. The highest BCUT2D eigenvalue weighted by atomic mass is 16.3. The van der Waals surface area contributed by atoms with E-state index >= 15 is 0 Å². The molecule has 0 saturated heterocycles.